The molecule has 0 fully saturated rings. The molecule has 3 nitrogen and oxygen atoms in total. The Balaban J connectivity index is 1.90. The van der Waals surface area contributed by atoms with Crippen LogP contribution in [0.1, 0.15) is 15.9 Å². The number of hydrogen-bond donors (Lipinski definition) is 1. The number of fused-ring (bicyclic) bond motifs is 1. The fourth-order valence-corrected chi connectivity index (χ4v) is 3.65. The summed E-state index contributed by atoms with van der Waals surface area (Å²) < 4.78 is 0. The fraction of sp³-hybridized carbons (Fsp3) is 0. The Morgan fingerprint density at radius 1 is 0.862 bits per heavy atom. The lowest BCUT2D eigenvalue weighted by Gasteiger charge is -2.11. The highest BCUT2D eigenvalue weighted by molar-refractivity contribution is 6.43. The molecule has 29 heavy (non-hydrogen) atoms. The van der Waals surface area contributed by atoms with E-state index < -0.39 is 11.3 Å². The van der Waals surface area contributed by atoms with Crippen molar-refractivity contribution in [2.24, 2.45) is 0 Å². The zero-order valence-corrected chi connectivity index (χ0v) is 16.7. The molecular formula is C24H15Cl2NO2. The van der Waals surface area contributed by atoms with Crippen molar-refractivity contribution < 1.29 is 4.79 Å². The normalized spacial score (nSPS) is 11.2. The molecule has 4 aromatic rings. The quantitative estimate of drug-likeness (QED) is 0.307. The third kappa shape index (κ3) is 3.75. The van der Waals surface area contributed by atoms with Gasteiger partial charge in [-0.15, -0.1) is 0 Å². The molecule has 0 bridgehead atoms. The molecule has 0 spiro atoms. The number of carbonyl (C=O) groups excluding carboxylic acids is 1. The molecule has 0 unspecified atom stereocenters. The number of halogens is 2. The van der Waals surface area contributed by atoms with E-state index in [1.165, 1.54) is 6.08 Å². The maximum absolute atomic E-state index is 13.1. The minimum absolute atomic E-state index is 0.0873. The number of allylic oxidation sites excluding steroid dienone is 1. The summed E-state index contributed by atoms with van der Waals surface area (Å²) in [5.41, 5.74) is 2.34. The topological polar surface area (TPSA) is 49.9 Å². The molecule has 0 amide bonds. The van der Waals surface area contributed by atoms with Crippen molar-refractivity contribution in [3.63, 3.8) is 0 Å². The van der Waals surface area contributed by atoms with E-state index in [4.69, 9.17) is 23.2 Å². The molecule has 142 valence electrons. The largest absolute Gasteiger partial charge is 0.321 e. The highest BCUT2D eigenvalue weighted by atomic mass is 35.5. The van der Waals surface area contributed by atoms with E-state index in [1.807, 2.05) is 54.6 Å². The van der Waals surface area contributed by atoms with Crippen LogP contribution in [0.5, 0.6) is 0 Å². The summed E-state index contributed by atoms with van der Waals surface area (Å²) in [5.74, 6) is -0.410. The molecule has 0 saturated carbocycles. The Morgan fingerprint density at radius 3 is 2.38 bits per heavy atom. The van der Waals surface area contributed by atoms with Crippen molar-refractivity contribution in [2.75, 3.05) is 0 Å². The standard InChI is InChI=1S/C24H15Cl2NO2/c25-18-11-6-9-16(23(18)26)13-14-20(28)22-21(15-7-2-1-3-8-15)17-10-4-5-12-19(17)27-24(22)29/h1-14H,(H,27,29)/b14-13+. The third-order valence-electron chi connectivity index (χ3n) is 4.63. The number of pyridine rings is 1. The first-order chi connectivity index (χ1) is 14.1. The Bertz CT molecular complexity index is 1310. The summed E-state index contributed by atoms with van der Waals surface area (Å²) in [7, 11) is 0. The molecule has 0 atom stereocenters. The van der Waals surface area contributed by atoms with Gasteiger partial charge >= 0.3 is 0 Å². The van der Waals surface area contributed by atoms with E-state index in [0.29, 0.717) is 26.7 Å². The van der Waals surface area contributed by atoms with Crippen LogP contribution >= 0.6 is 23.2 Å². The van der Waals surface area contributed by atoms with Gasteiger partial charge in [0.05, 0.1) is 15.6 Å². The van der Waals surface area contributed by atoms with Crippen LogP contribution in [0.25, 0.3) is 28.1 Å². The van der Waals surface area contributed by atoms with Crippen molar-refractivity contribution in [2.45, 2.75) is 0 Å². The molecule has 3 aromatic carbocycles. The number of para-hydroxylation sites is 1. The summed E-state index contributed by atoms with van der Waals surface area (Å²) in [6.45, 7) is 0. The van der Waals surface area contributed by atoms with Crippen molar-refractivity contribution in [3.05, 3.63) is 110 Å². The van der Waals surface area contributed by atoms with Gasteiger partial charge in [0.1, 0.15) is 0 Å². The number of H-pyrrole nitrogens is 1. The highest BCUT2D eigenvalue weighted by Crippen LogP contribution is 2.30. The van der Waals surface area contributed by atoms with Crippen LogP contribution in [0, 0.1) is 0 Å². The minimum atomic E-state index is -0.436. The Kier molecular flexibility index (Phi) is 5.34. The molecule has 0 aliphatic rings. The van der Waals surface area contributed by atoms with Crippen molar-refractivity contribution >= 4 is 46.0 Å². The number of hydrogen-bond acceptors (Lipinski definition) is 2. The Morgan fingerprint density at radius 2 is 1.59 bits per heavy atom. The van der Waals surface area contributed by atoms with Gasteiger partial charge in [0.25, 0.3) is 5.56 Å². The van der Waals surface area contributed by atoms with Gasteiger partial charge in [0, 0.05) is 16.5 Å². The fourth-order valence-electron chi connectivity index (χ4n) is 3.28. The van der Waals surface area contributed by atoms with Crippen LogP contribution in [-0.2, 0) is 0 Å². The van der Waals surface area contributed by atoms with Gasteiger partial charge in [-0.3, -0.25) is 9.59 Å². The van der Waals surface area contributed by atoms with E-state index >= 15 is 0 Å². The lowest BCUT2D eigenvalue weighted by atomic mass is 9.94. The average molecular weight is 420 g/mol. The van der Waals surface area contributed by atoms with Crippen LogP contribution in [0.3, 0.4) is 0 Å². The van der Waals surface area contributed by atoms with Crippen molar-refractivity contribution in [1.82, 2.24) is 4.98 Å². The van der Waals surface area contributed by atoms with Crippen LogP contribution in [0.15, 0.2) is 83.7 Å². The molecule has 1 heterocycles. The molecule has 1 aromatic heterocycles. The number of rotatable bonds is 4. The van der Waals surface area contributed by atoms with Gasteiger partial charge in [0.2, 0.25) is 0 Å². The van der Waals surface area contributed by atoms with Gasteiger partial charge < -0.3 is 4.98 Å². The van der Waals surface area contributed by atoms with Gasteiger partial charge in [-0.1, -0.05) is 83.9 Å². The molecule has 0 aliphatic carbocycles. The molecule has 4 rings (SSSR count). The Hall–Kier alpha value is -3.14. The van der Waals surface area contributed by atoms with Crippen molar-refractivity contribution in [1.29, 1.82) is 0 Å². The van der Waals surface area contributed by atoms with E-state index in [-0.39, 0.29) is 5.56 Å². The van der Waals surface area contributed by atoms with Gasteiger partial charge in [0.15, 0.2) is 5.78 Å². The van der Waals surface area contributed by atoms with Crippen LogP contribution < -0.4 is 5.56 Å². The molecule has 0 aliphatic heterocycles. The zero-order valence-electron chi connectivity index (χ0n) is 15.2. The zero-order chi connectivity index (χ0) is 20.4. The number of aromatic amines is 1. The summed E-state index contributed by atoms with van der Waals surface area (Å²) >= 11 is 12.2. The lowest BCUT2D eigenvalue weighted by molar-refractivity contribution is 0.104. The smallest absolute Gasteiger partial charge is 0.260 e. The molecular weight excluding hydrogens is 405 g/mol. The first-order valence-electron chi connectivity index (χ1n) is 8.93. The second-order valence-electron chi connectivity index (χ2n) is 6.46. The monoisotopic (exact) mass is 419 g/mol. The second kappa shape index (κ2) is 8.08. The minimum Gasteiger partial charge on any atom is -0.321 e. The maximum atomic E-state index is 13.1. The van der Waals surface area contributed by atoms with Gasteiger partial charge in [-0.2, -0.15) is 0 Å². The SMILES string of the molecule is O=C(/C=C/c1cccc(Cl)c1Cl)c1c(-c2ccccc2)c2ccccc2[nH]c1=O. The van der Waals surface area contributed by atoms with Gasteiger partial charge in [-0.25, -0.2) is 0 Å². The molecule has 1 N–H and O–H groups in total. The summed E-state index contributed by atoms with van der Waals surface area (Å²) in [6.07, 6.45) is 2.92. The second-order valence-corrected chi connectivity index (χ2v) is 7.24. The first kappa shape index (κ1) is 19.2. The predicted octanol–water partition coefficient (Wildman–Crippen LogP) is 6.40. The Labute approximate surface area is 177 Å². The lowest BCUT2D eigenvalue weighted by Crippen LogP contribution is -2.18. The maximum Gasteiger partial charge on any atom is 0.260 e. The highest BCUT2D eigenvalue weighted by Gasteiger charge is 2.19. The first-order valence-corrected chi connectivity index (χ1v) is 9.68. The van der Waals surface area contributed by atoms with Crippen LogP contribution in [0.4, 0.5) is 0 Å². The van der Waals surface area contributed by atoms with Crippen LogP contribution in [0.2, 0.25) is 10.0 Å². The summed E-state index contributed by atoms with van der Waals surface area (Å²) in [4.78, 5) is 28.7. The molecule has 0 radical (unpaired) electrons. The predicted molar refractivity (Wildman–Crippen MR) is 120 cm³/mol. The third-order valence-corrected chi connectivity index (χ3v) is 5.46. The number of ketones is 1. The average Bonchev–Trinajstić information content (AvgIpc) is 2.74. The number of aromatic nitrogens is 1. The molecule has 0 saturated heterocycles. The summed E-state index contributed by atoms with van der Waals surface area (Å²) in [5, 5.41) is 1.56. The van der Waals surface area contributed by atoms with Crippen LogP contribution in [-0.4, -0.2) is 10.8 Å². The van der Waals surface area contributed by atoms with E-state index in [0.717, 1.165) is 10.9 Å². The van der Waals surface area contributed by atoms with E-state index in [1.54, 1.807) is 24.3 Å². The summed E-state index contributed by atoms with van der Waals surface area (Å²) in [6, 6.07) is 22.0. The van der Waals surface area contributed by atoms with E-state index in [2.05, 4.69) is 4.98 Å². The number of nitrogens with one attached hydrogen (secondary N) is 1. The molecule has 5 heteroatoms. The van der Waals surface area contributed by atoms with E-state index in [9.17, 15) is 9.59 Å². The number of benzene rings is 3. The van der Waals surface area contributed by atoms with Gasteiger partial charge in [-0.05, 0) is 35.4 Å². The van der Waals surface area contributed by atoms with Crippen molar-refractivity contribution in [3.8, 4) is 11.1 Å². The number of carbonyl (C=O) groups is 1.